The molecule has 0 saturated carbocycles. The second-order valence-electron chi connectivity index (χ2n) is 5.06. The summed E-state index contributed by atoms with van der Waals surface area (Å²) in [5, 5.41) is 2.88. The van der Waals surface area contributed by atoms with Crippen LogP contribution < -0.4 is 9.88 Å². The number of hydrogen-bond acceptors (Lipinski definition) is 1. The van der Waals surface area contributed by atoms with Gasteiger partial charge in [0.15, 0.2) is 18.9 Å². The number of hydrogen-bond donors (Lipinski definition) is 1. The molecule has 0 atom stereocenters. The van der Waals surface area contributed by atoms with Crippen molar-refractivity contribution in [1.29, 1.82) is 0 Å². The summed E-state index contributed by atoms with van der Waals surface area (Å²) in [6.45, 7) is 0.793. The molecular formula is C19H17N2O+. The largest absolute Gasteiger partial charge is 0.322 e. The maximum absolute atomic E-state index is 12.2. The average molecular weight is 289 g/mol. The Morgan fingerprint density at radius 3 is 2.05 bits per heavy atom. The predicted octanol–water partition coefficient (Wildman–Crippen LogP) is 3.27. The number of nitrogens with one attached hydrogen (secondary N) is 1. The minimum absolute atomic E-state index is 0.0990. The molecule has 0 aliphatic heterocycles. The van der Waals surface area contributed by atoms with Crippen molar-refractivity contribution in [3.05, 3.63) is 96.3 Å². The molecule has 0 aliphatic carbocycles. The van der Waals surface area contributed by atoms with E-state index in [-0.39, 0.29) is 5.91 Å². The monoisotopic (exact) mass is 289 g/mol. The van der Waals surface area contributed by atoms with Crippen LogP contribution in [0, 0.1) is 0 Å². The fourth-order valence-corrected chi connectivity index (χ4v) is 2.23. The van der Waals surface area contributed by atoms with E-state index in [0.29, 0.717) is 5.56 Å². The summed E-state index contributed by atoms with van der Waals surface area (Å²) >= 11 is 0. The molecule has 0 spiro atoms. The molecule has 0 bridgehead atoms. The van der Waals surface area contributed by atoms with E-state index in [1.54, 1.807) is 0 Å². The Hall–Kier alpha value is -2.94. The number of amides is 1. The van der Waals surface area contributed by atoms with Crippen molar-refractivity contribution in [2.75, 3.05) is 5.32 Å². The van der Waals surface area contributed by atoms with E-state index in [1.165, 1.54) is 5.56 Å². The fourth-order valence-electron chi connectivity index (χ4n) is 2.23. The number of carbonyl (C=O) groups excluding carboxylic acids is 1. The van der Waals surface area contributed by atoms with Crippen LogP contribution >= 0.6 is 0 Å². The maximum Gasteiger partial charge on any atom is 0.256 e. The van der Waals surface area contributed by atoms with Gasteiger partial charge in [0.25, 0.3) is 5.91 Å². The van der Waals surface area contributed by atoms with Crippen LogP contribution in [-0.2, 0) is 6.54 Å². The number of pyridine rings is 1. The van der Waals surface area contributed by atoms with Crippen LogP contribution in [0.5, 0.6) is 0 Å². The minimum atomic E-state index is -0.0990. The molecular weight excluding hydrogens is 272 g/mol. The number of anilines is 1. The molecule has 0 radical (unpaired) electrons. The number of nitrogens with zero attached hydrogens (tertiary/aromatic N) is 1. The van der Waals surface area contributed by atoms with E-state index in [9.17, 15) is 4.79 Å². The summed E-state index contributed by atoms with van der Waals surface area (Å²) in [5.74, 6) is -0.0990. The van der Waals surface area contributed by atoms with Gasteiger partial charge < -0.3 is 5.32 Å². The lowest BCUT2D eigenvalue weighted by molar-refractivity contribution is -0.688. The molecule has 3 nitrogen and oxygen atoms in total. The Morgan fingerprint density at radius 1 is 0.818 bits per heavy atom. The van der Waals surface area contributed by atoms with Gasteiger partial charge in [-0.05, 0) is 12.1 Å². The Bertz CT molecular complexity index is 737. The Labute approximate surface area is 129 Å². The SMILES string of the molecule is O=C(Nc1ccccc1)c1cc[n+](Cc2ccccc2)cc1. The van der Waals surface area contributed by atoms with Crippen LogP contribution in [0.25, 0.3) is 0 Å². The summed E-state index contributed by atoms with van der Waals surface area (Å²) in [6.07, 6.45) is 3.85. The van der Waals surface area contributed by atoms with E-state index in [0.717, 1.165) is 12.2 Å². The molecule has 3 aromatic rings. The van der Waals surface area contributed by atoms with Crippen molar-refractivity contribution < 1.29 is 9.36 Å². The molecule has 0 fully saturated rings. The minimum Gasteiger partial charge on any atom is -0.322 e. The Balaban J connectivity index is 1.67. The van der Waals surface area contributed by atoms with Gasteiger partial charge >= 0.3 is 0 Å². The molecule has 0 unspecified atom stereocenters. The molecule has 1 N–H and O–H groups in total. The van der Waals surface area contributed by atoms with Crippen molar-refractivity contribution >= 4 is 11.6 Å². The predicted molar refractivity (Wildman–Crippen MR) is 86.6 cm³/mol. The maximum atomic E-state index is 12.2. The van der Waals surface area contributed by atoms with Crippen LogP contribution in [0.1, 0.15) is 15.9 Å². The summed E-state index contributed by atoms with van der Waals surface area (Å²) in [5.41, 5.74) is 2.68. The lowest BCUT2D eigenvalue weighted by Gasteiger charge is -2.04. The molecule has 0 saturated heterocycles. The summed E-state index contributed by atoms with van der Waals surface area (Å²) in [4.78, 5) is 12.2. The van der Waals surface area contributed by atoms with Gasteiger partial charge in [-0.25, -0.2) is 4.57 Å². The molecule has 1 amide bonds. The number of aromatic nitrogens is 1. The lowest BCUT2D eigenvalue weighted by atomic mass is 10.2. The highest BCUT2D eigenvalue weighted by atomic mass is 16.1. The Morgan fingerprint density at radius 2 is 1.41 bits per heavy atom. The van der Waals surface area contributed by atoms with Gasteiger partial charge in [-0.3, -0.25) is 4.79 Å². The number of carbonyl (C=O) groups is 1. The highest BCUT2D eigenvalue weighted by Crippen LogP contribution is 2.07. The topological polar surface area (TPSA) is 33.0 Å². The lowest BCUT2D eigenvalue weighted by Crippen LogP contribution is -2.33. The second-order valence-corrected chi connectivity index (χ2v) is 5.06. The molecule has 108 valence electrons. The van der Waals surface area contributed by atoms with Gasteiger partial charge in [-0.1, -0.05) is 48.5 Å². The van der Waals surface area contributed by atoms with Crippen molar-refractivity contribution in [2.24, 2.45) is 0 Å². The second kappa shape index (κ2) is 6.68. The van der Waals surface area contributed by atoms with Crippen LogP contribution in [0.2, 0.25) is 0 Å². The highest BCUT2D eigenvalue weighted by molar-refractivity contribution is 6.04. The third-order valence-corrected chi connectivity index (χ3v) is 3.39. The van der Waals surface area contributed by atoms with Crippen molar-refractivity contribution in [2.45, 2.75) is 6.54 Å². The van der Waals surface area contributed by atoms with Crippen molar-refractivity contribution in [3.8, 4) is 0 Å². The number of para-hydroxylation sites is 1. The van der Waals surface area contributed by atoms with Gasteiger partial charge in [-0.15, -0.1) is 0 Å². The van der Waals surface area contributed by atoms with Gasteiger partial charge in [0.2, 0.25) is 0 Å². The van der Waals surface area contributed by atoms with Gasteiger partial charge in [0, 0.05) is 23.4 Å². The zero-order valence-corrected chi connectivity index (χ0v) is 12.1. The molecule has 3 heteroatoms. The van der Waals surface area contributed by atoms with Gasteiger partial charge in [-0.2, -0.15) is 0 Å². The zero-order valence-electron chi connectivity index (χ0n) is 12.1. The van der Waals surface area contributed by atoms with Gasteiger partial charge in [0.05, 0.1) is 5.56 Å². The molecule has 3 rings (SSSR count). The highest BCUT2D eigenvalue weighted by Gasteiger charge is 2.09. The molecule has 1 heterocycles. The molecule has 0 aliphatic rings. The third kappa shape index (κ3) is 3.58. The van der Waals surface area contributed by atoms with Crippen LogP contribution in [0.4, 0.5) is 5.69 Å². The van der Waals surface area contributed by atoms with E-state index >= 15 is 0 Å². The molecule has 1 aromatic heterocycles. The normalized spacial score (nSPS) is 10.2. The van der Waals surface area contributed by atoms with Crippen LogP contribution in [0.3, 0.4) is 0 Å². The molecule has 22 heavy (non-hydrogen) atoms. The first kappa shape index (κ1) is 14.0. The van der Waals surface area contributed by atoms with E-state index in [1.807, 2.05) is 73.1 Å². The first-order valence-electron chi connectivity index (χ1n) is 7.21. The standard InChI is InChI=1S/C19H16N2O/c22-19(20-18-9-5-2-6-10-18)17-11-13-21(14-12-17)15-16-7-3-1-4-8-16/h1-14H,15H2/p+1. The third-order valence-electron chi connectivity index (χ3n) is 3.39. The fraction of sp³-hybridized carbons (Fsp3) is 0.0526. The van der Waals surface area contributed by atoms with Crippen LogP contribution in [-0.4, -0.2) is 5.91 Å². The first-order valence-corrected chi connectivity index (χ1v) is 7.21. The van der Waals surface area contributed by atoms with E-state index < -0.39 is 0 Å². The van der Waals surface area contributed by atoms with Gasteiger partial charge in [0.1, 0.15) is 0 Å². The van der Waals surface area contributed by atoms with Crippen molar-refractivity contribution in [3.63, 3.8) is 0 Å². The average Bonchev–Trinajstić information content (AvgIpc) is 2.57. The number of benzene rings is 2. The van der Waals surface area contributed by atoms with E-state index in [2.05, 4.69) is 22.0 Å². The zero-order chi connectivity index (χ0) is 15.2. The van der Waals surface area contributed by atoms with Crippen LogP contribution in [0.15, 0.2) is 85.2 Å². The number of rotatable bonds is 4. The molecule has 2 aromatic carbocycles. The smallest absolute Gasteiger partial charge is 0.256 e. The summed E-state index contributed by atoms with van der Waals surface area (Å²) in [6, 6.07) is 23.4. The summed E-state index contributed by atoms with van der Waals surface area (Å²) in [7, 11) is 0. The quantitative estimate of drug-likeness (QED) is 0.735. The van der Waals surface area contributed by atoms with Crippen molar-refractivity contribution in [1.82, 2.24) is 0 Å². The van der Waals surface area contributed by atoms with E-state index in [4.69, 9.17) is 0 Å². The Kier molecular flexibility index (Phi) is 4.25. The first-order chi connectivity index (χ1) is 10.8. The summed E-state index contributed by atoms with van der Waals surface area (Å²) < 4.78 is 2.05.